The molecular weight excluding hydrogens is 502 g/mol. The third kappa shape index (κ3) is 4.92. The quantitative estimate of drug-likeness (QED) is 0.209. The lowest BCUT2D eigenvalue weighted by atomic mass is 10.2. The zero-order valence-corrected chi connectivity index (χ0v) is 19.0. The van der Waals surface area contributed by atoms with Gasteiger partial charge >= 0.3 is 0 Å². The molecule has 2 aromatic heterocycles. The summed E-state index contributed by atoms with van der Waals surface area (Å²) in [4.78, 5) is 8.15. The number of alkyl halides is 4. The molecule has 0 saturated carbocycles. The third-order valence-electron chi connectivity index (χ3n) is 4.61. The molecule has 6 nitrogen and oxygen atoms in total. The van der Waals surface area contributed by atoms with Gasteiger partial charge in [0.2, 0.25) is 11.6 Å². The van der Waals surface area contributed by atoms with E-state index in [2.05, 4.69) is 20.2 Å². The molecule has 0 saturated heterocycles. The predicted octanol–water partition coefficient (Wildman–Crippen LogP) is 6.42. The standard InChI is InChI=1S/C20H14F6N6S2/c1-9-3-11(21)13(31-7-27-19(29-31)17(23)24)5-15(9)33-34-16-6-14(12(22)4-10(16)2)32-8-28-20(30-32)18(25)26/h3-8,17-18H,1-2H3. The van der Waals surface area contributed by atoms with Crippen LogP contribution in [-0.2, 0) is 0 Å². The van der Waals surface area contributed by atoms with Crippen LogP contribution in [0.15, 0.2) is 46.7 Å². The van der Waals surface area contributed by atoms with Gasteiger partial charge in [0.15, 0.2) is 0 Å². The topological polar surface area (TPSA) is 61.4 Å². The largest absolute Gasteiger partial charge is 0.299 e. The highest BCUT2D eigenvalue weighted by atomic mass is 33.1. The van der Waals surface area contributed by atoms with Crippen LogP contribution in [0.5, 0.6) is 0 Å². The van der Waals surface area contributed by atoms with Crippen LogP contribution in [0.4, 0.5) is 26.3 Å². The van der Waals surface area contributed by atoms with Crippen molar-refractivity contribution >= 4 is 21.6 Å². The van der Waals surface area contributed by atoms with Crippen molar-refractivity contribution in [2.45, 2.75) is 36.5 Å². The summed E-state index contributed by atoms with van der Waals surface area (Å²) in [5, 5.41) is 7.20. The molecule has 4 rings (SSSR count). The predicted molar refractivity (Wildman–Crippen MR) is 114 cm³/mol. The normalized spacial score (nSPS) is 11.7. The van der Waals surface area contributed by atoms with E-state index in [1.165, 1.54) is 45.9 Å². The van der Waals surface area contributed by atoms with Crippen molar-refractivity contribution in [3.8, 4) is 11.4 Å². The van der Waals surface area contributed by atoms with E-state index in [1.54, 1.807) is 13.8 Å². The molecule has 2 heterocycles. The summed E-state index contributed by atoms with van der Waals surface area (Å²) in [6.45, 7) is 3.35. The summed E-state index contributed by atoms with van der Waals surface area (Å²) < 4.78 is 82.0. The van der Waals surface area contributed by atoms with Gasteiger partial charge in [-0.25, -0.2) is 45.7 Å². The van der Waals surface area contributed by atoms with E-state index in [4.69, 9.17) is 0 Å². The lowest BCUT2D eigenvalue weighted by Gasteiger charge is -2.12. The summed E-state index contributed by atoms with van der Waals surface area (Å²) in [7, 11) is 2.43. The van der Waals surface area contributed by atoms with Crippen LogP contribution in [0, 0.1) is 25.5 Å². The van der Waals surface area contributed by atoms with Gasteiger partial charge in [-0.15, -0.1) is 10.2 Å². The average Bonchev–Trinajstić information content (AvgIpc) is 3.44. The first-order valence-corrected chi connectivity index (χ1v) is 11.6. The molecule has 0 fully saturated rings. The van der Waals surface area contributed by atoms with Crippen LogP contribution in [0.1, 0.15) is 35.6 Å². The maximum Gasteiger partial charge on any atom is 0.299 e. The number of rotatable bonds is 7. The molecule has 0 unspecified atom stereocenters. The molecule has 178 valence electrons. The van der Waals surface area contributed by atoms with Gasteiger partial charge in [-0.1, -0.05) is 21.6 Å². The minimum absolute atomic E-state index is 0.0632. The fourth-order valence-electron chi connectivity index (χ4n) is 2.89. The highest BCUT2D eigenvalue weighted by molar-refractivity contribution is 8.76. The van der Waals surface area contributed by atoms with Gasteiger partial charge < -0.3 is 0 Å². The lowest BCUT2D eigenvalue weighted by Crippen LogP contribution is -2.01. The first kappa shape index (κ1) is 24.1. The Bertz CT molecular complexity index is 1240. The number of hydrogen-bond donors (Lipinski definition) is 0. The average molecular weight is 516 g/mol. The monoisotopic (exact) mass is 516 g/mol. The maximum absolute atomic E-state index is 14.5. The van der Waals surface area contributed by atoms with Crippen LogP contribution >= 0.6 is 21.6 Å². The van der Waals surface area contributed by atoms with Gasteiger partial charge in [-0.05, 0) is 49.2 Å². The van der Waals surface area contributed by atoms with E-state index in [0.717, 1.165) is 22.0 Å². The Kier molecular flexibility index (Phi) is 6.89. The van der Waals surface area contributed by atoms with E-state index < -0.39 is 36.1 Å². The number of hydrogen-bond acceptors (Lipinski definition) is 6. The summed E-state index contributed by atoms with van der Waals surface area (Å²) in [6, 6.07) is 5.37. The number of aromatic nitrogens is 6. The third-order valence-corrected chi connectivity index (χ3v) is 7.26. The Morgan fingerprint density at radius 1 is 0.676 bits per heavy atom. The number of aryl methyl sites for hydroxylation is 2. The van der Waals surface area contributed by atoms with E-state index in [1.807, 2.05) is 0 Å². The summed E-state index contributed by atoms with van der Waals surface area (Å²) >= 11 is 0. The minimum atomic E-state index is -2.89. The summed E-state index contributed by atoms with van der Waals surface area (Å²) in [6.07, 6.45) is -3.79. The second-order valence-corrected chi connectivity index (χ2v) is 9.21. The smallest absolute Gasteiger partial charge is 0.218 e. The second-order valence-electron chi connectivity index (χ2n) is 7.00. The van der Waals surface area contributed by atoms with E-state index >= 15 is 0 Å². The minimum Gasteiger partial charge on any atom is -0.218 e. The van der Waals surface area contributed by atoms with Crippen molar-refractivity contribution in [2.75, 3.05) is 0 Å². The Morgan fingerprint density at radius 2 is 1.06 bits per heavy atom. The number of halogens is 6. The molecule has 0 spiro atoms. The first-order chi connectivity index (χ1) is 16.1. The highest BCUT2D eigenvalue weighted by Gasteiger charge is 2.19. The summed E-state index contributed by atoms with van der Waals surface area (Å²) in [5.41, 5.74) is 1.02. The van der Waals surface area contributed by atoms with Crippen molar-refractivity contribution in [3.05, 3.63) is 71.3 Å². The van der Waals surface area contributed by atoms with Gasteiger partial charge in [-0.2, -0.15) is 0 Å². The number of benzene rings is 2. The molecule has 2 aromatic carbocycles. The van der Waals surface area contributed by atoms with Gasteiger partial charge in [0, 0.05) is 9.79 Å². The van der Waals surface area contributed by atoms with Crippen molar-refractivity contribution in [3.63, 3.8) is 0 Å². The molecule has 0 aliphatic rings. The molecule has 0 aliphatic carbocycles. The Morgan fingerprint density at radius 3 is 1.38 bits per heavy atom. The fourth-order valence-corrected chi connectivity index (χ4v) is 5.38. The molecule has 0 atom stereocenters. The molecular formula is C20H14F6N6S2. The van der Waals surface area contributed by atoms with Crippen molar-refractivity contribution in [2.24, 2.45) is 0 Å². The van der Waals surface area contributed by atoms with Crippen molar-refractivity contribution < 1.29 is 26.3 Å². The van der Waals surface area contributed by atoms with Crippen LogP contribution in [0.2, 0.25) is 0 Å². The zero-order valence-electron chi connectivity index (χ0n) is 17.4. The molecule has 0 aliphatic heterocycles. The van der Waals surface area contributed by atoms with Crippen LogP contribution in [0.3, 0.4) is 0 Å². The van der Waals surface area contributed by atoms with E-state index in [-0.39, 0.29) is 11.4 Å². The fraction of sp³-hybridized carbons (Fsp3) is 0.200. The van der Waals surface area contributed by atoms with Gasteiger partial charge in [0.25, 0.3) is 12.9 Å². The van der Waals surface area contributed by atoms with Crippen molar-refractivity contribution in [1.82, 2.24) is 29.5 Å². The SMILES string of the molecule is Cc1cc(F)c(-n2cnc(C(F)F)n2)cc1SSc1cc(-n2cnc(C(F)F)n2)c(F)cc1C. The van der Waals surface area contributed by atoms with E-state index in [0.29, 0.717) is 20.9 Å². The molecule has 0 N–H and O–H groups in total. The van der Waals surface area contributed by atoms with E-state index in [9.17, 15) is 26.3 Å². The molecule has 0 radical (unpaired) electrons. The molecule has 4 aromatic rings. The lowest BCUT2D eigenvalue weighted by molar-refractivity contribution is 0.140. The highest BCUT2D eigenvalue weighted by Crippen LogP contribution is 2.42. The van der Waals surface area contributed by atoms with Gasteiger partial charge in [0.05, 0.1) is 0 Å². The van der Waals surface area contributed by atoms with Crippen LogP contribution < -0.4 is 0 Å². The van der Waals surface area contributed by atoms with Crippen LogP contribution in [-0.4, -0.2) is 29.5 Å². The Hall–Kier alpha value is -3.00. The Labute approximate surface area is 196 Å². The number of nitrogens with zero attached hydrogens (tertiary/aromatic N) is 6. The van der Waals surface area contributed by atoms with Crippen molar-refractivity contribution in [1.29, 1.82) is 0 Å². The Balaban J connectivity index is 1.61. The molecule has 34 heavy (non-hydrogen) atoms. The molecule has 14 heteroatoms. The van der Waals surface area contributed by atoms with Gasteiger partial charge in [0.1, 0.15) is 35.7 Å². The molecule has 0 bridgehead atoms. The second kappa shape index (κ2) is 9.70. The molecule has 0 amide bonds. The maximum atomic E-state index is 14.5. The van der Waals surface area contributed by atoms with Gasteiger partial charge in [-0.3, -0.25) is 0 Å². The summed E-state index contributed by atoms with van der Waals surface area (Å²) in [5.74, 6) is -2.78. The first-order valence-electron chi connectivity index (χ1n) is 9.49. The zero-order chi connectivity index (χ0) is 24.6. The van der Waals surface area contributed by atoms with Crippen LogP contribution in [0.25, 0.3) is 11.4 Å².